The van der Waals surface area contributed by atoms with Gasteiger partial charge in [0.1, 0.15) is 17.5 Å². The largest absolute Gasteiger partial charge is 0.486 e. The average molecular weight is 456 g/mol. The third-order valence-electron chi connectivity index (χ3n) is 2.17. The van der Waals surface area contributed by atoms with E-state index in [0.29, 0.717) is 11.8 Å². The van der Waals surface area contributed by atoms with Gasteiger partial charge in [0.25, 0.3) is 0 Å². The summed E-state index contributed by atoms with van der Waals surface area (Å²) < 4.78 is 8.45. The summed E-state index contributed by atoms with van der Waals surface area (Å²) in [7, 11) is 0. The molecule has 0 aliphatic carbocycles. The first-order valence-electron chi connectivity index (χ1n) is 4.94. The molecule has 0 amide bonds. The molecule has 0 atom stereocenters. The van der Waals surface area contributed by atoms with Crippen LogP contribution < -0.4 is 4.74 Å². The number of hydrogen-bond donors (Lipinski definition) is 0. The molecular formula is C12H7Br3ClNO. The summed E-state index contributed by atoms with van der Waals surface area (Å²) in [4.78, 5) is 4.00. The number of nitrogens with zero attached hydrogens (tertiary/aromatic N) is 1. The van der Waals surface area contributed by atoms with Crippen LogP contribution in [0.3, 0.4) is 0 Å². The molecule has 1 aromatic carbocycles. The van der Waals surface area contributed by atoms with Crippen LogP contribution in [-0.2, 0) is 6.61 Å². The van der Waals surface area contributed by atoms with Crippen molar-refractivity contribution in [3.05, 3.63) is 54.6 Å². The molecule has 1 heterocycles. The number of aromatic nitrogens is 1. The molecule has 0 saturated carbocycles. The summed E-state index contributed by atoms with van der Waals surface area (Å²) >= 11 is 16.3. The lowest BCUT2D eigenvalue weighted by molar-refractivity contribution is 0.302. The minimum atomic E-state index is 0.367. The monoisotopic (exact) mass is 453 g/mol. The van der Waals surface area contributed by atoms with Crippen molar-refractivity contribution in [2.45, 2.75) is 6.61 Å². The number of pyridine rings is 1. The molecule has 0 spiro atoms. The third-order valence-corrected chi connectivity index (χ3v) is 4.15. The highest BCUT2D eigenvalue weighted by Crippen LogP contribution is 2.37. The molecule has 2 nitrogen and oxygen atoms in total. The van der Waals surface area contributed by atoms with Crippen molar-refractivity contribution in [3.8, 4) is 5.75 Å². The molecule has 0 saturated heterocycles. The molecule has 0 radical (unpaired) electrons. The highest BCUT2D eigenvalue weighted by Gasteiger charge is 2.09. The fourth-order valence-electron chi connectivity index (χ4n) is 1.34. The van der Waals surface area contributed by atoms with Gasteiger partial charge in [-0.25, -0.2) is 4.98 Å². The maximum Gasteiger partial charge on any atom is 0.148 e. The number of ether oxygens (including phenoxy) is 1. The first-order chi connectivity index (χ1) is 8.58. The molecule has 0 bridgehead atoms. The lowest BCUT2D eigenvalue weighted by Crippen LogP contribution is -1.98. The third kappa shape index (κ3) is 3.47. The van der Waals surface area contributed by atoms with Gasteiger partial charge in [-0.05, 0) is 50.1 Å². The fourth-order valence-corrected chi connectivity index (χ4v) is 4.01. The fraction of sp³-hybridized carbons (Fsp3) is 0.0833. The van der Waals surface area contributed by atoms with Crippen LogP contribution >= 0.6 is 59.4 Å². The molecule has 0 aliphatic rings. The van der Waals surface area contributed by atoms with Gasteiger partial charge in [0.2, 0.25) is 0 Å². The van der Waals surface area contributed by atoms with Crippen LogP contribution in [0.2, 0.25) is 5.15 Å². The molecule has 0 unspecified atom stereocenters. The Morgan fingerprint density at radius 1 is 1.17 bits per heavy atom. The average Bonchev–Trinajstić information content (AvgIpc) is 2.30. The Bertz CT molecular complexity index is 554. The molecule has 18 heavy (non-hydrogen) atoms. The van der Waals surface area contributed by atoms with Crippen LogP contribution in [0.25, 0.3) is 0 Å². The van der Waals surface area contributed by atoms with Crippen molar-refractivity contribution in [1.82, 2.24) is 4.98 Å². The van der Waals surface area contributed by atoms with Crippen LogP contribution in [0.4, 0.5) is 0 Å². The second-order valence-electron chi connectivity index (χ2n) is 3.44. The maximum atomic E-state index is 5.97. The van der Waals surface area contributed by atoms with Gasteiger partial charge in [0.05, 0.1) is 8.95 Å². The van der Waals surface area contributed by atoms with Gasteiger partial charge in [-0.3, -0.25) is 0 Å². The molecule has 94 valence electrons. The highest BCUT2D eigenvalue weighted by molar-refractivity contribution is 9.11. The van der Waals surface area contributed by atoms with Crippen molar-refractivity contribution in [2.75, 3.05) is 0 Å². The minimum Gasteiger partial charge on any atom is -0.486 e. The van der Waals surface area contributed by atoms with Crippen LogP contribution in [0, 0.1) is 0 Å². The van der Waals surface area contributed by atoms with Gasteiger partial charge in [-0.15, -0.1) is 0 Å². The Hall–Kier alpha value is -0.100. The second kappa shape index (κ2) is 6.37. The molecule has 2 rings (SSSR count). The predicted molar refractivity (Wildman–Crippen MR) is 83.1 cm³/mol. The Kier molecular flexibility index (Phi) is 5.06. The highest BCUT2D eigenvalue weighted by atomic mass is 79.9. The van der Waals surface area contributed by atoms with E-state index in [1.165, 1.54) is 0 Å². The van der Waals surface area contributed by atoms with Gasteiger partial charge in [0, 0.05) is 16.2 Å². The zero-order valence-electron chi connectivity index (χ0n) is 8.96. The predicted octanol–water partition coefficient (Wildman–Crippen LogP) is 5.60. The number of rotatable bonds is 3. The van der Waals surface area contributed by atoms with E-state index in [9.17, 15) is 0 Å². The van der Waals surface area contributed by atoms with Gasteiger partial charge >= 0.3 is 0 Å². The van der Waals surface area contributed by atoms with Gasteiger partial charge < -0.3 is 4.74 Å². The van der Waals surface area contributed by atoms with E-state index in [1.54, 1.807) is 6.20 Å². The summed E-state index contributed by atoms with van der Waals surface area (Å²) in [5.41, 5.74) is 0.848. The summed E-state index contributed by atoms with van der Waals surface area (Å²) in [6, 6.07) is 7.56. The van der Waals surface area contributed by atoms with E-state index in [2.05, 4.69) is 52.8 Å². The van der Waals surface area contributed by atoms with Crippen molar-refractivity contribution in [2.24, 2.45) is 0 Å². The lowest BCUT2D eigenvalue weighted by Gasteiger charge is -2.11. The Morgan fingerprint density at radius 2 is 1.83 bits per heavy atom. The smallest absolute Gasteiger partial charge is 0.148 e. The van der Waals surface area contributed by atoms with Crippen molar-refractivity contribution in [3.63, 3.8) is 0 Å². The summed E-state index contributed by atoms with van der Waals surface area (Å²) in [6.07, 6.45) is 1.65. The zero-order chi connectivity index (χ0) is 13.1. The van der Waals surface area contributed by atoms with Crippen LogP contribution in [-0.4, -0.2) is 4.98 Å². The topological polar surface area (TPSA) is 22.1 Å². The lowest BCUT2D eigenvalue weighted by atomic mass is 10.3. The van der Waals surface area contributed by atoms with Crippen LogP contribution in [0.5, 0.6) is 5.75 Å². The molecule has 2 aromatic rings. The van der Waals surface area contributed by atoms with E-state index in [4.69, 9.17) is 16.3 Å². The van der Waals surface area contributed by atoms with E-state index in [-0.39, 0.29) is 0 Å². The standard InChI is InChI=1S/C12H7Br3ClNO/c13-8-4-9(14)11(10(15)5-8)18-6-7-2-1-3-17-12(7)16/h1-5H,6H2. The molecule has 1 aromatic heterocycles. The van der Waals surface area contributed by atoms with Crippen LogP contribution in [0.1, 0.15) is 5.56 Å². The van der Waals surface area contributed by atoms with E-state index < -0.39 is 0 Å². The van der Waals surface area contributed by atoms with Crippen LogP contribution in [0.15, 0.2) is 43.9 Å². The number of hydrogen-bond acceptors (Lipinski definition) is 2. The Morgan fingerprint density at radius 3 is 2.44 bits per heavy atom. The molecule has 0 fully saturated rings. The summed E-state index contributed by atoms with van der Waals surface area (Å²) in [5, 5.41) is 0.460. The van der Waals surface area contributed by atoms with E-state index >= 15 is 0 Å². The summed E-state index contributed by atoms with van der Waals surface area (Å²) in [5.74, 6) is 0.734. The van der Waals surface area contributed by atoms with Gasteiger partial charge in [-0.1, -0.05) is 33.6 Å². The zero-order valence-corrected chi connectivity index (χ0v) is 14.5. The quantitative estimate of drug-likeness (QED) is 0.561. The number of benzene rings is 1. The first kappa shape index (κ1) is 14.3. The SMILES string of the molecule is Clc1ncccc1COc1c(Br)cc(Br)cc1Br. The minimum absolute atomic E-state index is 0.367. The molecule has 6 heteroatoms. The van der Waals surface area contributed by atoms with Gasteiger partial charge in [0.15, 0.2) is 0 Å². The second-order valence-corrected chi connectivity index (χ2v) is 6.42. The first-order valence-corrected chi connectivity index (χ1v) is 7.70. The van der Waals surface area contributed by atoms with Crippen molar-refractivity contribution < 1.29 is 4.74 Å². The Labute approximate surface area is 135 Å². The molecule has 0 aliphatic heterocycles. The maximum absolute atomic E-state index is 5.97. The normalized spacial score (nSPS) is 10.4. The molecule has 0 N–H and O–H groups in total. The number of halogens is 4. The van der Waals surface area contributed by atoms with Gasteiger partial charge in [-0.2, -0.15) is 0 Å². The van der Waals surface area contributed by atoms with Crippen molar-refractivity contribution in [1.29, 1.82) is 0 Å². The van der Waals surface area contributed by atoms with E-state index in [0.717, 1.165) is 24.7 Å². The summed E-state index contributed by atoms with van der Waals surface area (Å²) in [6.45, 7) is 0.367. The van der Waals surface area contributed by atoms with Crippen molar-refractivity contribution >= 4 is 59.4 Å². The Balaban J connectivity index is 2.19. The molecular weight excluding hydrogens is 449 g/mol. The van der Waals surface area contributed by atoms with E-state index in [1.807, 2.05) is 24.3 Å².